The highest BCUT2D eigenvalue weighted by atomic mass is 16.4. The molecule has 0 saturated heterocycles. The van der Waals surface area contributed by atoms with Gasteiger partial charge in [-0.15, -0.1) is 0 Å². The predicted molar refractivity (Wildman–Crippen MR) is 101 cm³/mol. The maximum absolute atomic E-state index is 12.4. The van der Waals surface area contributed by atoms with Gasteiger partial charge in [0.15, 0.2) is 0 Å². The number of nitrogens with zero attached hydrogens (tertiary/aromatic N) is 3. The Morgan fingerprint density at radius 3 is 2.44 bits per heavy atom. The van der Waals surface area contributed by atoms with Crippen LogP contribution in [0.25, 0.3) is 0 Å². The smallest absolute Gasteiger partial charge is 0.328 e. The van der Waals surface area contributed by atoms with Gasteiger partial charge in [-0.1, -0.05) is 0 Å². The van der Waals surface area contributed by atoms with E-state index >= 15 is 0 Å². The lowest BCUT2D eigenvalue weighted by molar-refractivity contribution is -0.134. The Hall–Kier alpha value is -2.74. The minimum Gasteiger partial charge on any atom is -0.478 e. The summed E-state index contributed by atoms with van der Waals surface area (Å²) in [7, 11) is 4.18. The van der Waals surface area contributed by atoms with E-state index < -0.39 is 11.9 Å². The molecule has 2 rings (SSSR count). The van der Waals surface area contributed by atoms with E-state index in [1.807, 2.05) is 24.0 Å². The van der Waals surface area contributed by atoms with E-state index in [2.05, 4.69) is 24.0 Å². The minimum atomic E-state index is -1.26. The van der Waals surface area contributed by atoms with Crippen molar-refractivity contribution >= 4 is 17.8 Å². The maximum Gasteiger partial charge on any atom is 0.328 e. The van der Waals surface area contributed by atoms with Crippen LogP contribution in [0, 0.1) is 5.92 Å². The van der Waals surface area contributed by atoms with Crippen LogP contribution in [0.3, 0.4) is 0 Å². The van der Waals surface area contributed by atoms with E-state index in [9.17, 15) is 14.4 Å². The van der Waals surface area contributed by atoms with E-state index in [1.54, 1.807) is 6.20 Å². The SMILES string of the molecule is CCN1CC(CCN(C)C)Cc2ncccc2C1=O.O=C(O)C=CC(=O)O. The molecule has 1 unspecified atom stereocenters. The van der Waals surface area contributed by atoms with Crippen LogP contribution in [0.2, 0.25) is 0 Å². The summed E-state index contributed by atoms with van der Waals surface area (Å²) in [5.41, 5.74) is 1.75. The highest BCUT2D eigenvalue weighted by Crippen LogP contribution is 2.22. The Bertz CT molecular complexity index is 672. The molecule has 1 aromatic rings. The van der Waals surface area contributed by atoms with Gasteiger partial charge in [-0.2, -0.15) is 0 Å². The number of hydrogen-bond donors (Lipinski definition) is 2. The summed E-state index contributed by atoms with van der Waals surface area (Å²) in [4.78, 5) is 40.1. The molecule has 0 fully saturated rings. The van der Waals surface area contributed by atoms with E-state index in [0.29, 0.717) is 18.1 Å². The summed E-state index contributed by atoms with van der Waals surface area (Å²) in [6, 6.07) is 3.76. The summed E-state index contributed by atoms with van der Waals surface area (Å²) in [5, 5.41) is 15.6. The van der Waals surface area contributed by atoms with Crippen LogP contribution in [0.1, 0.15) is 29.4 Å². The molecule has 0 saturated carbocycles. The van der Waals surface area contributed by atoms with Gasteiger partial charge in [0.25, 0.3) is 5.91 Å². The second-order valence-corrected chi connectivity index (χ2v) is 6.51. The lowest BCUT2D eigenvalue weighted by Crippen LogP contribution is -2.34. The Balaban J connectivity index is 0.000000387. The number of aromatic nitrogens is 1. The molecule has 0 aromatic carbocycles. The van der Waals surface area contributed by atoms with Gasteiger partial charge in [0.2, 0.25) is 0 Å². The summed E-state index contributed by atoms with van der Waals surface area (Å²) in [5.74, 6) is -1.87. The number of carbonyl (C=O) groups is 3. The first-order valence-electron chi connectivity index (χ1n) is 8.76. The number of carboxylic acid groups (broad SMARTS) is 2. The van der Waals surface area contributed by atoms with Crippen molar-refractivity contribution in [2.45, 2.75) is 19.8 Å². The summed E-state index contributed by atoms with van der Waals surface area (Å²) in [6.45, 7) is 4.71. The molecule has 2 heterocycles. The molecule has 1 aromatic heterocycles. The van der Waals surface area contributed by atoms with E-state index in [-0.39, 0.29) is 5.91 Å². The van der Waals surface area contributed by atoms with Gasteiger partial charge in [0.1, 0.15) is 0 Å². The van der Waals surface area contributed by atoms with E-state index in [0.717, 1.165) is 43.7 Å². The zero-order valence-corrected chi connectivity index (χ0v) is 16.0. The third kappa shape index (κ3) is 8.00. The second kappa shape index (κ2) is 11.1. The average molecular weight is 377 g/mol. The predicted octanol–water partition coefficient (Wildman–Crippen LogP) is 1.38. The number of rotatable bonds is 6. The Morgan fingerprint density at radius 2 is 1.93 bits per heavy atom. The average Bonchev–Trinajstić information content (AvgIpc) is 2.75. The van der Waals surface area contributed by atoms with Crippen molar-refractivity contribution in [2.24, 2.45) is 5.92 Å². The normalized spacial score (nSPS) is 16.5. The van der Waals surface area contributed by atoms with Crippen LogP contribution in [-0.2, 0) is 16.0 Å². The minimum absolute atomic E-state index is 0.137. The van der Waals surface area contributed by atoms with Crippen LogP contribution in [0.4, 0.5) is 0 Å². The van der Waals surface area contributed by atoms with Gasteiger partial charge in [-0.25, -0.2) is 9.59 Å². The number of hydrogen-bond acceptors (Lipinski definition) is 5. The number of carbonyl (C=O) groups excluding carboxylic acids is 1. The molecule has 27 heavy (non-hydrogen) atoms. The van der Waals surface area contributed by atoms with Crippen molar-refractivity contribution in [2.75, 3.05) is 33.7 Å². The van der Waals surface area contributed by atoms with Crippen molar-refractivity contribution in [3.05, 3.63) is 41.7 Å². The molecule has 0 spiro atoms. The Morgan fingerprint density at radius 1 is 1.30 bits per heavy atom. The van der Waals surface area contributed by atoms with Crippen LogP contribution < -0.4 is 0 Å². The van der Waals surface area contributed by atoms with Gasteiger partial charge in [-0.05, 0) is 58.5 Å². The molecule has 1 aliphatic rings. The van der Waals surface area contributed by atoms with Crippen LogP contribution in [0.15, 0.2) is 30.5 Å². The number of amides is 1. The molecule has 0 aliphatic carbocycles. The molecular weight excluding hydrogens is 350 g/mol. The van der Waals surface area contributed by atoms with Crippen LogP contribution >= 0.6 is 0 Å². The fourth-order valence-electron chi connectivity index (χ4n) is 2.75. The van der Waals surface area contributed by atoms with E-state index in [4.69, 9.17) is 10.2 Å². The van der Waals surface area contributed by atoms with Crippen molar-refractivity contribution in [1.29, 1.82) is 0 Å². The molecule has 2 N–H and O–H groups in total. The lowest BCUT2D eigenvalue weighted by atomic mass is 9.98. The molecule has 8 nitrogen and oxygen atoms in total. The van der Waals surface area contributed by atoms with Gasteiger partial charge < -0.3 is 20.0 Å². The number of pyridine rings is 1. The summed E-state index contributed by atoms with van der Waals surface area (Å²) < 4.78 is 0. The zero-order valence-electron chi connectivity index (χ0n) is 16.0. The third-order valence-corrected chi connectivity index (χ3v) is 4.10. The standard InChI is InChI=1S/C15H23N3O.C4H4O4/c1-4-18-11-12(7-9-17(2)3)10-14-13(15(18)19)6-5-8-16-14;5-3(6)1-2-4(7)8/h5-6,8,12H,4,7,9-11H2,1-3H3;1-2H,(H,5,6)(H,7,8). The topological polar surface area (TPSA) is 111 Å². The quantitative estimate of drug-likeness (QED) is 0.721. The number of carboxylic acids is 2. The summed E-state index contributed by atoms with van der Waals surface area (Å²) in [6.07, 6.45) is 4.92. The number of fused-ring (bicyclic) bond motifs is 1. The molecule has 1 atom stereocenters. The highest BCUT2D eigenvalue weighted by molar-refractivity contribution is 5.95. The molecule has 8 heteroatoms. The van der Waals surface area contributed by atoms with Gasteiger partial charge >= 0.3 is 11.9 Å². The summed E-state index contributed by atoms with van der Waals surface area (Å²) >= 11 is 0. The number of aliphatic carboxylic acids is 2. The Labute approximate surface area is 159 Å². The lowest BCUT2D eigenvalue weighted by Gasteiger charge is -2.24. The fourth-order valence-corrected chi connectivity index (χ4v) is 2.75. The monoisotopic (exact) mass is 377 g/mol. The largest absolute Gasteiger partial charge is 0.478 e. The zero-order chi connectivity index (χ0) is 20.4. The first-order chi connectivity index (χ1) is 12.7. The van der Waals surface area contributed by atoms with Crippen molar-refractivity contribution in [3.63, 3.8) is 0 Å². The van der Waals surface area contributed by atoms with Crippen LogP contribution in [-0.4, -0.2) is 76.6 Å². The highest BCUT2D eigenvalue weighted by Gasteiger charge is 2.27. The first kappa shape index (κ1) is 22.3. The van der Waals surface area contributed by atoms with Gasteiger partial charge in [0, 0.05) is 31.4 Å². The second-order valence-electron chi connectivity index (χ2n) is 6.51. The molecular formula is C19H27N3O5. The molecule has 148 valence electrons. The Kier molecular flexibility index (Phi) is 9.15. The third-order valence-electron chi connectivity index (χ3n) is 4.10. The molecule has 0 bridgehead atoms. The fraction of sp³-hybridized carbons (Fsp3) is 0.474. The maximum atomic E-state index is 12.4. The van der Waals surface area contributed by atoms with Crippen molar-refractivity contribution < 1.29 is 24.6 Å². The first-order valence-corrected chi connectivity index (χ1v) is 8.76. The van der Waals surface area contributed by atoms with Crippen molar-refractivity contribution in [1.82, 2.24) is 14.8 Å². The molecule has 1 amide bonds. The molecule has 0 radical (unpaired) electrons. The van der Waals surface area contributed by atoms with Crippen molar-refractivity contribution in [3.8, 4) is 0 Å². The van der Waals surface area contributed by atoms with Gasteiger partial charge in [0.05, 0.1) is 11.3 Å². The van der Waals surface area contributed by atoms with Gasteiger partial charge in [-0.3, -0.25) is 9.78 Å². The van der Waals surface area contributed by atoms with E-state index in [1.165, 1.54) is 0 Å². The van der Waals surface area contributed by atoms with Crippen LogP contribution in [0.5, 0.6) is 0 Å². The molecule has 1 aliphatic heterocycles.